The molecule has 7 heteroatoms. The van der Waals surface area contributed by atoms with Crippen LogP contribution in [0.2, 0.25) is 0 Å². The number of likely N-dealkylation sites (tertiary alicyclic amines) is 1. The molecule has 0 aromatic heterocycles. The van der Waals surface area contributed by atoms with E-state index < -0.39 is 10.0 Å². The number of nitrogens with two attached hydrogens (primary N) is 1. The van der Waals surface area contributed by atoms with E-state index in [-0.39, 0.29) is 24.4 Å². The number of carbonyl (C=O) groups is 1. The van der Waals surface area contributed by atoms with Gasteiger partial charge in [-0.15, -0.1) is 0 Å². The predicted octanol–water partition coefficient (Wildman–Crippen LogP) is 1.35. The molecule has 3 rings (SSSR count). The fraction of sp³-hybridized carbons (Fsp3) is 0.611. The van der Waals surface area contributed by atoms with Crippen molar-refractivity contribution >= 4 is 15.9 Å². The van der Waals surface area contributed by atoms with Crippen molar-refractivity contribution in [2.75, 3.05) is 26.2 Å². The summed E-state index contributed by atoms with van der Waals surface area (Å²) in [6, 6.07) is 7.06. The van der Waals surface area contributed by atoms with Crippen LogP contribution in [0, 0.1) is 12.8 Å². The van der Waals surface area contributed by atoms with Gasteiger partial charge in [0.2, 0.25) is 15.9 Å². The third-order valence-corrected chi connectivity index (χ3v) is 7.12. The zero-order valence-electron chi connectivity index (χ0n) is 14.7. The second kappa shape index (κ2) is 7.43. The lowest BCUT2D eigenvalue weighted by atomic mass is 9.96. The average molecular weight is 365 g/mol. The average Bonchev–Trinajstić information content (AvgIpc) is 2.62. The van der Waals surface area contributed by atoms with Crippen LogP contribution in [0.4, 0.5) is 0 Å². The van der Waals surface area contributed by atoms with Gasteiger partial charge in [0.15, 0.2) is 0 Å². The van der Waals surface area contributed by atoms with Gasteiger partial charge in [0, 0.05) is 32.2 Å². The Morgan fingerprint density at radius 2 is 1.72 bits per heavy atom. The Morgan fingerprint density at radius 3 is 2.36 bits per heavy atom. The van der Waals surface area contributed by atoms with E-state index in [1.807, 2.05) is 11.8 Å². The molecule has 0 radical (unpaired) electrons. The number of aryl methyl sites for hydroxylation is 1. The zero-order valence-corrected chi connectivity index (χ0v) is 15.5. The molecule has 2 heterocycles. The van der Waals surface area contributed by atoms with Crippen molar-refractivity contribution in [2.45, 2.75) is 43.5 Å². The number of hydrogen-bond donors (Lipinski definition) is 1. The molecule has 0 spiro atoms. The topological polar surface area (TPSA) is 83.7 Å². The Hall–Kier alpha value is -1.44. The van der Waals surface area contributed by atoms with E-state index in [4.69, 9.17) is 5.73 Å². The molecule has 6 nitrogen and oxygen atoms in total. The van der Waals surface area contributed by atoms with Gasteiger partial charge < -0.3 is 10.6 Å². The molecule has 1 unspecified atom stereocenters. The smallest absolute Gasteiger partial charge is 0.243 e. The summed E-state index contributed by atoms with van der Waals surface area (Å²) in [6.45, 7) is 4.04. The summed E-state index contributed by atoms with van der Waals surface area (Å²) >= 11 is 0. The maximum absolute atomic E-state index is 12.9. The van der Waals surface area contributed by atoms with Crippen molar-refractivity contribution in [1.82, 2.24) is 9.21 Å². The highest BCUT2D eigenvalue weighted by Gasteiger charge is 2.35. The van der Waals surface area contributed by atoms with Crippen LogP contribution in [0.5, 0.6) is 0 Å². The maximum atomic E-state index is 12.9. The summed E-state index contributed by atoms with van der Waals surface area (Å²) in [5.41, 5.74) is 6.93. The van der Waals surface area contributed by atoms with E-state index in [9.17, 15) is 13.2 Å². The van der Waals surface area contributed by atoms with Crippen molar-refractivity contribution in [2.24, 2.45) is 11.7 Å². The first-order valence-corrected chi connectivity index (χ1v) is 10.4. The van der Waals surface area contributed by atoms with Crippen LogP contribution in [0.1, 0.15) is 31.2 Å². The lowest BCUT2D eigenvalue weighted by Crippen LogP contribution is -2.49. The van der Waals surface area contributed by atoms with Crippen LogP contribution >= 0.6 is 0 Å². The molecule has 25 heavy (non-hydrogen) atoms. The fourth-order valence-corrected chi connectivity index (χ4v) is 5.12. The van der Waals surface area contributed by atoms with Crippen molar-refractivity contribution in [3.63, 3.8) is 0 Å². The number of amides is 1. The van der Waals surface area contributed by atoms with E-state index in [1.54, 1.807) is 24.3 Å². The molecule has 0 saturated carbocycles. The summed E-state index contributed by atoms with van der Waals surface area (Å²) in [5.74, 6) is -0.168. The summed E-state index contributed by atoms with van der Waals surface area (Å²) in [6.07, 6.45) is 3.11. The molecule has 1 amide bonds. The summed E-state index contributed by atoms with van der Waals surface area (Å²) in [5, 5.41) is 0. The Balaban J connectivity index is 1.70. The lowest BCUT2D eigenvalue weighted by molar-refractivity contribution is -0.137. The third-order valence-electron chi connectivity index (χ3n) is 5.24. The van der Waals surface area contributed by atoms with Crippen LogP contribution in [0.15, 0.2) is 29.2 Å². The molecule has 1 atom stereocenters. The summed E-state index contributed by atoms with van der Waals surface area (Å²) in [4.78, 5) is 14.9. The zero-order chi connectivity index (χ0) is 18.0. The molecule has 1 aromatic carbocycles. The molecular weight excluding hydrogens is 338 g/mol. The maximum Gasteiger partial charge on any atom is 0.243 e. The number of sulfonamides is 1. The second-order valence-electron chi connectivity index (χ2n) is 7.18. The van der Waals surface area contributed by atoms with Crippen molar-refractivity contribution in [3.05, 3.63) is 29.8 Å². The first-order valence-electron chi connectivity index (χ1n) is 8.99. The predicted molar refractivity (Wildman–Crippen MR) is 96.5 cm³/mol. The van der Waals surface area contributed by atoms with E-state index in [2.05, 4.69) is 0 Å². The van der Waals surface area contributed by atoms with Gasteiger partial charge in [-0.1, -0.05) is 17.7 Å². The summed E-state index contributed by atoms with van der Waals surface area (Å²) in [7, 11) is -3.54. The van der Waals surface area contributed by atoms with Gasteiger partial charge in [0.1, 0.15) is 0 Å². The highest BCUT2D eigenvalue weighted by molar-refractivity contribution is 7.89. The Bertz CT molecular complexity index is 710. The Kier molecular flexibility index (Phi) is 5.46. The van der Waals surface area contributed by atoms with E-state index in [1.165, 1.54) is 4.31 Å². The third kappa shape index (κ3) is 4.04. The lowest BCUT2D eigenvalue weighted by Gasteiger charge is -2.36. The van der Waals surface area contributed by atoms with Gasteiger partial charge >= 0.3 is 0 Å². The van der Waals surface area contributed by atoms with E-state index in [0.29, 0.717) is 24.5 Å². The molecule has 138 valence electrons. The number of piperidine rings is 2. The van der Waals surface area contributed by atoms with Gasteiger partial charge in [-0.2, -0.15) is 4.31 Å². The van der Waals surface area contributed by atoms with Crippen LogP contribution in [0.3, 0.4) is 0 Å². The molecule has 2 fully saturated rings. The number of rotatable bonds is 3. The van der Waals surface area contributed by atoms with Gasteiger partial charge in [-0.3, -0.25) is 4.79 Å². The first-order chi connectivity index (χ1) is 11.9. The second-order valence-corrected chi connectivity index (χ2v) is 9.12. The minimum absolute atomic E-state index is 0.0794. The first kappa shape index (κ1) is 18.4. The highest BCUT2D eigenvalue weighted by atomic mass is 32.2. The van der Waals surface area contributed by atoms with Crippen LogP contribution < -0.4 is 5.73 Å². The number of carbonyl (C=O) groups excluding carboxylic acids is 1. The molecule has 2 N–H and O–H groups in total. The van der Waals surface area contributed by atoms with Gasteiger partial charge in [-0.05, 0) is 44.7 Å². The molecule has 0 bridgehead atoms. The van der Waals surface area contributed by atoms with Crippen LogP contribution in [0.25, 0.3) is 0 Å². The van der Waals surface area contributed by atoms with Crippen molar-refractivity contribution in [1.29, 1.82) is 0 Å². The van der Waals surface area contributed by atoms with Crippen molar-refractivity contribution in [3.8, 4) is 0 Å². The number of nitrogens with zero attached hydrogens (tertiary/aromatic N) is 2. The minimum Gasteiger partial charge on any atom is -0.342 e. The number of hydrogen-bond acceptors (Lipinski definition) is 4. The molecule has 2 saturated heterocycles. The highest BCUT2D eigenvalue weighted by Crippen LogP contribution is 2.26. The molecular formula is C18H27N3O3S. The summed E-state index contributed by atoms with van der Waals surface area (Å²) < 4.78 is 27.2. The standard InChI is InChI=1S/C18H27N3O3S/c1-14-4-6-17(7-5-14)25(23,24)21-10-2-3-15(13-21)18(22)20-11-8-16(19)9-12-20/h4-7,15-16H,2-3,8-13,19H2,1H3. The molecule has 0 aliphatic carbocycles. The van der Waals surface area contributed by atoms with Gasteiger partial charge in [0.05, 0.1) is 10.8 Å². The van der Waals surface area contributed by atoms with Crippen LogP contribution in [-0.4, -0.2) is 55.8 Å². The van der Waals surface area contributed by atoms with E-state index >= 15 is 0 Å². The van der Waals surface area contributed by atoms with Gasteiger partial charge in [0.25, 0.3) is 0 Å². The van der Waals surface area contributed by atoms with E-state index in [0.717, 1.165) is 31.2 Å². The largest absolute Gasteiger partial charge is 0.342 e. The van der Waals surface area contributed by atoms with Crippen LogP contribution in [-0.2, 0) is 14.8 Å². The molecule has 1 aromatic rings. The Labute approximate surface area is 150 Å². The van der Waals surface area contributed by atoms with Crippen molar-refractivity contribution < 1.29 is 13.2 Å². The minimum atomic E-state index is -3.54. The molecule has 2 aliphatic heterocycles. The fourth-order valence-electron chi connectivity index (χ4n) is 3.60. The SMILES string of the molecule is Cc1ccc(S(=O)(=O)N2CCCC(C(=O)N3CCC(N)CC3)C2)cc1. The normalized spacial score (nSPS) is 23.6. The number of benzene rings is 1. The molecule has 2 aliphatic rings. The van der Waals surface area contributed by atoms with Gasteiger partial charge in [-0.25, -0.2) is 8.42 Å². The monoisotopic (exact) mass is 365 g/mol. The quantitative estimate of drug-likeness (QED) is 0.876. The Morgan fingerprint density at radius 1 is 1.08 bits per heavy atom.